The van der Waals surface area contributed by atoms with E-state index in [0.29, 0.717) is 6.54 Å². The van der Waals surface area contributed by atoms with Crippen molar-refractivity contribution in [3.8, 4) is 0 Å². The lowest BCUT2D eigenvalue weighted by Crippen LogP contribution is -2.27. The second-order valence-electron chi connectivity index (χ2n) is 4.30. The largest absolute Gasteiger partial charge is 0.384 e. The van der Waals surface area contributed by atoms with E-state index in [9.17, 15) is 14.9 Å². The number of amides is 1. The standard InChI is InChI=1S/C11H17N5O3/c1-15(2)5-3-4-13-11(17)8-6-10(12)14-7-9(8)16(18)19/h6-7H,3-5H2,1-2H3,(H2,12,14)(H,13,17). The number of nitro groups is 1. The van der Waals surface area contributed by atoms with Crippen LogP contribution < -0.4 is 11.1 Å². The number of rotatable bonds is 6. The van der Waals surface area contributed by atoms with Gasteiger partial charge in [-0.25, -0.2) is 4.98 Å². The highest BCUT2D eigenvalue weighted by Gasteiger charge is 2.20. The molecule has 19 heavy (non-hydrogen) atoms. The lowest BCUT2D eigenvalue weighted by atomic mass is 10.2. The molecule has 104 valence electrons. The quantitative estimate of drug-likeness (QED) is 0.434. The Kier molecular flexibility index (Phi) is 5.19. The number of nitrogen functional groups attached to an aromatic ring is 1. The summed E-state index contributed by atoms with van der Waals surface area (Å²) in [5, 5.41) is 13.4. The first-order chi connectivity index (χ1) is 8.91. The molecular weight excluding hydrogens is 250 g/mol. The molecule has 0 aliphatic heterocycles. The number of pyridine rings is 1. The van der Waals surface area contributed by atoms with Gasteiger partial charge in [0.1, 0.15) is 17.6 Å². The Labute approximate surface area is 110 Å². The summed E-state index contributed by atoms with van der Waals surface area (Å²) in [4.78, 5) is 27.6. The minimum Gasteiger partial charge on any atom is -0.384 e. The lowest BCUT2D eigenvalue weighted by Gasteiger charge is -2.10. The van der Waals surface area contributed by atoms with Crippen LogP contribution in [0.3, 0.4) is 0 Å². The lowest BCUT2D eigenvalue weighted by molar-refractivity contribution is -0.385. The summed E-state index contributed by atoms with van der Waals surface area (Å²) in [5.41, 5.74) is 5.02. The van der Waals surface area contributed by atoms with Gasteiger partial charge in [-0.05, 0) is 33.1 Å². The predicted molar refractivity (Wildman–Crippen MR) is 70.8 cm³/mol. The number of carbonyl (C=O) groups is 1. The first-order valence-electron chi connectivity index (χ1n) is 5.74. The van der Waals surface area contributed by atoms with Crippen LogP contribution in [-0.2, 0) is 0 Å². The van der Waals surface area contributed by atoms with E-state index in [1.807, 2.05) is 19.0 Å². The number of hydrogen-bond donors (Lipinski definition) is 2. The van der Waals surface area contributed by atoms with Crippen LogP contribution in [0.5, 0.6) is 0 Å². The summed E-state index contributed by atoms with van der Waals surface area (Å²) in [6, 6.07) is 1.21. The molecule has 1 amide bonds. The molecule has 1 heterocycles. The highest BCUT2D eigenvalue weighted by atomic mass is 16.6. The van der Waals surface area contributed by atoms with E-state index in [1.54, 1.807) is 0 Å². The van der Waals surface area contributed by atoms with Crippen LogP contribution in [0, 0.1) is 10.1 Å². The smallest absolute Gasteiger partial charge is 0.300 e. The third-order valence-corrected chi connectivity index (χ3v) is 2.41. The Bertz CT molecular complexity index is 475. The van der Waals surface area contributed by atoms with Crippen molar-refractivity contribution in [1.29, 1.82) is 0 Å². The van der Waals surface area contributed by atoms with Gasteiger partial charge in [-0.3, -0.25) is 14.9 Å². The van der Waals surface area contributed by atoms with E-state index in [2.05, 4.69) is 10.3 Å². The fourth-order valence-electron chi connectivity index (χ4n) is 1.48. The monoisotopic (exact) mass is 267 g/mol. The van der Waals surface area contributed by atoms with Crippen molar-refractivity contribution in [3.05, 3.63) is 27.9 Å². The average molecular weight is 267 g/mol. The van der Waals surface area contributed by atoms with E-state index in [-0.39, 0.29) is 17.1 Å². The van der Waals surface area contributed by atoms with Crippen molar-refractivity contribution in [3.63, 3.8) is 0 Å². The summed E-state index contributed by atoms with van der Waals surface area (Å²) >= 11 is 0. The van der Waals surface area contributed by atoms with Crippen LogP contribution in [0.2, 0.25) is 0 Å². The molecule has 0 atom stereocenters. The second kappa shape index (κ2) is 6.64. The molecule has 1 aromatic heterocycles. The Hall–Kier alpha value is -2.22. The second-order valence-corrected chi connectivity index (χ2v) is 4.30. The highest BCUT2D eigenvalue weighted by molar-refractivity contribution is 5.98. The molecule has 0 saturated carbocycles. The Morgan fingerprint density at radius 3 is 2.84 bits per heavy atom. The van der Waals surface area contributed by atoms with Crippen LogP contribution in [0.25, 0.3) is 0 Å². The summed E-state index contributed by atoms with van der Waals surface area (Å²) in [6.07, 6.45) is 1.75. The Morgan fingerprint density at radius 1 is 1.58 bits per heavy atom. The number of aromatic nitrogens is 1. The number of nitrogens with one attached hydrogen (secondary N) is 1. The molecular formula is C11H17N5O3. The van der Waals surface area contributed by atoms with E-state index < -0.39 is 10.8 Å². The van der Waals surface area contributed by atoms with E-state index >= 15 is 0 Å². The van der Waals surface area contributed by atoms with Crippen LogP contribution in [0.1, 0.15) is 16.8 Å². The molecule has 0 fully saturated rings. The number of nitrogens with two attached hydrogens (primary N) is 1. The Balaban J connectivity index is 2.70. The van der Waals surface area contributed by atoms with Gasteiger partial charge in [0.2, 0.25) is 0 Å². The molecule has 1 rings (SSSR count). The molecule has 1 aromatic rings. The van der Waals surface area contributed by atoms with Gasteiger partial charge < -0.3 is 16.0 Å². The van der Waals surface area contributed by atoms with Crippen LogP contribution in [0.4, 0.5) is 11.5 Å². The number of nitrogens with zero attached hydrogens (tertiary/aromatic N) is 3. The third kappa shape index (κ3) is 4.51. The number of hydrogen-bond acceptors (Lipinski definition) is 6. The van der Waals surface area contributed by atoms with Gasteiger partial charge in [-0.1, -0.05) is 0 Å². The van der Waals surface area contributed by atoms with Crippen molar-refractivity contribution < 1.29 is 9.72 Å². The summed E-state index contributed by atoms with van der Waals surface area (Å²) in [5.74, 6) is -0.441. The maximum absolute atomic E-state index is 11.9. The minimum absolute atomic E-state index is 0.0673. The summed E-state index contributed by atoms with van der Waals surface area (Å²) in [6.45, 7) is 1.26. The minimum atomic E-state index is -0.652. The molecule has 3 N–H and O–H groups in total. The molecule has 0 aliphatic rings. The van der Waals surface area contributed by atoms with Crippen LogP contribution in [-0.4, -0.2) is 47.9 Å². The van der Waals surface area contributed by atoms with Gasteiger partial charge in [0.05, 0.1) is 4.92 Å². The molecule has 0 aliphatic carbocycles. The van der Waals surface area contributed by atoms with Gasteiger partial charge in [0.15, 0.2) is 0 Å². The zero-order valence-electron chi connectivity index (χ0n) is 10.9. The third-order valence-electron chi connectivity index (χ3n) is 2.41. The van der Waals surface area contributed by atoms with Crippen molar-refractivity contribution in [1.82, 2.24) is 15.2 Å². The van der Waals surface area contributed by atoms with Gasteiger partial charge >= 0.3 is 0 Å². The molecule has 0 radical (unpaired) electrons. The van der Waals surface area contributed by atoms with Gasteiger partial charge in [0.25, 0.3) is 11.6 Å². The van der Waals surface area contributed by atoms with E-state index in [1.165, 1.54) is 6.07 Å². The first-order valence-corrected chi connectivity index (χ1v) is 5.74. The molecule has 0 saturated heterocycles. The highest BCUT2D eigenvalue weighted by Crippen LogP contribution is 2.18. The summed E-state index contributed by atoms with van der Waals surface area (Å²) in [7, 11) is 3.85. The summed E-state index contributed by atoms with van der Waals surface area (Å²) < 4.78 is 0. The maximum Gasteiger partial charge on any atom is 0.300 e. The predicted octanol–water partition coefficient (Wildman–Crippen LogP) is 0.254. The molecule has 8 heteroatoms. The van der Waals surface area contributed by atoms with Gasteiger partial charge in [-0.2, -0.15) is 0 Å². The maximum atomic E-state index is 11.9. The van der Waals surface area contributed by atoms with Gasteiger partial charge in [0, 0.05) is 6.54 Å². The fourth-order valence-corrected chi connectivity index (χ4v) is 1.48. The van der Waals surface area contributed by atoms with Crippen molar-refractivity contribution in [2.75, 3.05) is 32.9 Å². The first kappa shape index (κ1) is 14.8. The molecule has 0 spiro atoms. The number of anilines is 1. The Morgan fingerprint density at radius 2 is 2.26 bits per heavy atom. The van der Waals surface area contributed by atoms with Crippen molar-refractivity contribution in [2.24, 2.45) is 0 Å². The van der Waals surface area contributed by atoms with Crippen molar-refractivity contribution in [2.45, 2.75) is 6.42 Å². The zero-order chi connectivity index (χ0) is 14.4. The molecule has 8 nitrogen and oxygen atoms in total. The normalized spacial score (nSPS) is 10.5. The average Bonchev–Trinajstić information content (AvgIpc) is 2.33. The zero-order valence-corrected chi connectivity index (χ0v) is 10.9. The SMILES string of the molecule is CN(C)CCCNC(=O)c1cc(N)ncc1[N+](=O)[O-]. The van der Waals surface area contributed by atoms with Crippen LogP contribution in [0.15, 0.2) is 12.3 Å². The number of carbonyl (C=O) groups excluding carboxylic acids is 1. The topological polar surface area (TPSA) is 114 Å². The van der Waals surface area contributed by atoms with E-state index in [0.717, 1.165) is 19.2 Å². The van der Waals surface area contributed by atoms with Crippen LogP contribution >= 0.6 is 0 Å². The van der Waals surface area contributed by atoms with Crippen molar-refractivity contribution >= 4 is 17.4 Å². The van der Waals surface area contributed by atoms with E-state index in [4.69, 9.17) is 5.73 Å². The fraction of sp³-hybridized carbons (Fsp3) is 0.455. The molecule has 0 aromatic carbocycles. The molecule has 0 bridgehead atoms. The van der Waals surface area contributed by atoms with Gasteiger partial charge in [-0.15, -0.1) is 0 Å². The molecule has 0 unspecified atom stereocenters.